The summed E-state index contributed by atoms with van der Waals surface area (Å²) in [4.78, 5) is 12.5. The minimum atomic E-state index is -3.79. The monoisotopic (exact) mass is 431 g/mol. The highest BCUT2D eigenvalue weighted by molar-refractivity contribution is 7.90. The normalized spacial score (nSPS) is 12.1. The fraction of sp³-hybridized carbons (Fsp3) is 0.0833. The average Bonchev–Trinajstić information content (AvgIpc) is 3.19. The Hall–Kier alpha value is -3.71. The topological polar surface area (TPSA) is 80.5 Å². The number of benzene rings is 3. The molecule has 0 radical (unpaired) electrons. The molecule has 0 aliphatic heterocycles. The molecule has 0 saturated carbocycles. The van der Waals surface area contributed by atoms with Crippen molar-refractivity contribution in [2.24, 2.45) is 5.10 Å². The summed E-state index contributed by atoms with van der Waals surface area (Å²) in [5, 5.41) is 4.94. The van der Waals surface area contributed by atoms with Crippen molar-refractivity contribution in [2.45, 2.75) is 18.7 Å². The molecule has 4 aromatic rings. The molecular weight excluding hydrogens is 410 g/mol. The highest BCUT2D eigenvalue weighted by Gasteiger charge is 2.22. The van der Waals surface area contributed by atoms with E-state index in [-0.39, 0.29) is 10.8 Å². The molecule has 0 aliphatic carbocycles. The van der Waals surface area contributed by atoms with Gasteiger partial charge < -0.3 is 0 Å². The Balaban J connectivity index is 1.74. The standard InChI is InChI=1S/C24H21N3O3S/c1-17-12-14-20(15-13-17)31(29,30)27-16-22(21-10-6-7-11-23(21)27)18(2)25-26-24(28)19-8-4-3-5-9-19/h3-16H,1-2H3,(H,26,28)/b25-18+. The molecule has 4 rings (SSSR count). The van der Waals surface area contributed by atoms with Crippen LogP contribution in [0.15, 0.2) is 95.1 Å². The predicted molar refractivity (Wildman–Crippen MR) is 122 cm³/mol. The Bertz CT molecular complexity index is 1390. The third-order valence-electron chi connectivity index (χ3n) is 5.01. The van der Waals surface area contributed by atoms with Crippen molar-refractivity contribution in [1.29, 1.82) is 0 Å². The Morgan fingerprint density at radius 2 is 1.55 bits per heavy atom. The zero-order valence-corrected chi connectivity index (χ0v) is 17.9. The number of amides is 1. The first-order valence-corrected chi connectivity index (χ1v) is 11.1. The van der Waals surface area contributed by atoms with E-state index in [1.54, 1.807) is 73.8 Å². The van der Waals surface area contributed by atoms with Crippen LogP contribution < -0.4 is 5.43 Å². The summed E-state index contributed by atoms with van der Waals surface area (Å²) in [6.07, 6.45) is 1.55. The van der Waals surface area contributed by atoms with Gasteiger partial charge in [0, 0.05) is 22.7 Å². The lowest BCUT2D eigenvalue weighted by Crippen LogP contribution is -2.19. The van der Waals surface area contributed by atoms with E-state index in [1.807, 2.05) is 25.1 Å². The van der Waals surface area contributed by atoms with Crippen LogP contribution in [0.5, 0.6) is 0 Å². The molecule has 1 aromatic heterocycles. The van der Waals surface area contributed by atoms with Gasteiger partial charge in [-0.2, -0.15) is 5.10 Å². The Kier molecular flexibility index (Phi) is 5.44. The Morgan fingerprint density at radius 1 is 0.903 bits per heavy atom. The SMILES string of the molecule is C/C(=N\NC(=O)c1ccccc1)c1cn(S(=O)(=O)c2ccc(C)cc2)c2ccccc12. The van der Waals surface area contributed by atoms with Gasteiger partial charge in [0.2, 0.25) is 0 Å². The van der Waals surface area contributed by atoms with E-state index >= 15 is 0 Å². The van der Waals surface area contributed by atoms with E-state index in [4.69, 9.17) is 0 Å². The van der Waals surface area contributed by atoms with Crippen LogP contribution in [-0.2, 0) is 10.0 Å². The molecule has 0 fully saturated rings. The molecule has 31 heavy (non-hydrogen) atoms. The lowest BCUT2D eigenvalue weighted by Gasteiger charge is -2.07. The van der Waals surface area contributed by atoms with E-state index < -0.39 is 10.0 Å². The number of carbonyl (C=O) groups is 1. The highest BCUT2D eigenvalue weighted by atomic mass is 32.2. The number of carbonyl (C=O) groups excluding carboxylic acids is 1. The number of fused-ring (bicyclic) bond motifs is 1. The number of hydrogen-bond acceptors (Lipinski definition) is 4. The fourth-order valence-electron chi connectivity index (χ4n) is 3.31. The van der Waals surface area contributed by atoms with Gasteiger partial charge in [0.1, 0.15) is 0 Å². The van der Waals surface area contributed by atoms with Gasteiger partial charge in [0.15, 0.2) is 0 Å². The van der Waals surface area contributed by atoms with Crippen LogP contribution in [0.2, 0.25) is 0 Å². The van der Waals surface area contributed by atoms with E-state index in [9.17, 15) is 13.2 Å². The molecule has 1 amide bonds. The summed E-state index contributed by atoms with van der Waals surface area (Å²) in [6, 6.07) is 22.7. The van der Waals surface area contributed by atoms with Gasteiger partial charge in [-0.15, -0.1) is 0 Å². The average molecular weight is 432 g/mol. The van der Waals surface area contributed by atoms with E-state index in [0.29, 0.717) is 22.4 Å². The molecule has 0 bridgehead atoms. The number of rotatable bonds is 5. The minimum Gasteiger partial charge on any atom is -0.267 e. The maximum atomic E-state index is 13.3. The lowest BCUT2D eigenvalue weighted by molar-refractivity contribution is 0.0955. The Morgan fingerprint density at radius 3 is 2.26 bits per heavy atom. The first-order valence-electron chi connectivity index (χ1n) is 9.70. The van der Waals surface area contributed by atoms with Crippen molar-refractivity contribution in [3.05, 3.63) is 102 Å². The van der Waals surface area contributed by atoms with Crippen molar-refractivity contribution in [3.8, 4) is 0 Å². The third-order valence-corrected chi connectivity index (χ3v) is 6.69. The van der Waals surface area contributed by atoms with Gasteiger partial charge in [-0.25, -0.2) is 17.8 Å². The van der Waals surface area contributed by atoms with E-state index in [2.05, 4.69) is 10.5 Å². The van der Waals surface area contributed by atoms with Crippen molar-refractivity contribution in [2.75, 3.05) is 0 Å². The smallest absolute Gasteiger partial charge is 0.267 e. The molecule has 1 heterocycles. The van der Waals surface area contributed by atoms with Gasteiger partial charge in [-0.05, 0) is 44.2 Å². The summed E-state index contributed by atoms with van der Waals surface area (Å²) in [7, 11) is -3.79. The van der Waals surface area contributed by atoms with Crippen molar-refractivity contribution in [1.82, 2.24) is 9.40 Å². The zero-order valence-electron chi connectivity index (χ0n) is 17.1. The van der Waals surface area contributed by atoms with Crippen LogP contribution in [-0.4, -0.2) is 24.0 Å². The number of nitrogens with zero attached hydrogens (tertiary/aromatic N) is 2. The van der Waals surface area contributed by atoms with Gasteiger partial charge >= 0.3 is 0 Å². The molecule has 0 aliphatic rings. The molecule has 0 atom stereocenters. The molecule has 0 unspecified atom stereocenters. The highest BCUT2D eigenvalue weighted by Crippen LogP contribution is 2.26. The lowest BCUT2D eigenvalue weighted by atomic mass is 10.1. The second kappa shape index (κ2) is 8.20. The second-order valence-corrected chi connectivity index (χ2v) is 8.99. The summed E-state index contributed by atoms with van der Waals surface area (Å²) in [5.74, 6) is -0.337. The molecular formula is C24H21N3O3S. The molecule has 1 N–H and O–H groups in total. The molecule has 3 aromatic carbocycles. The van der Waals surface area contributed by atoms with Crippen LogP contribution in [0.1, 0.15) is 28.4 Å². The zero-order chi connectivity index (χ0) is 22.0. The quantitative estimate of drug-likeness (QED) is 0.377. The third kappa shape index (κ3) is 4.00. The number of aryl methyl sites for hydroxylation is 1. The van der Waals surface area contributed by atoms with Crippen LogP contribution in [0, 0.1) is 6.92 Å². The number of hydrogen-bond donors (Lipinski definition) is 1. The van der Waals surface area contributed by atoms with E-state index in [1.165, 1.54) is 3.97 Å². The molecule has 0 spiro atoms. The summed E-state index contributed by atoms with van der Waals surface area (Å²) < 4.78 is 27.9. The van der Waals surface area contributed by atoms with Crippen LogP contribution in [0.4, 0.5) is 0 Å². The Labute approximate surface area is 180 Å². The molecule has 7 heteroatoms. The van der Waals surface area contributed by atoms with Gasteiger partial charge in [0.25, 0.3) is 15.9 Å². The number of nitrogens with one attached hydrogen (secondary N) is 1. The fourth-order valence-corrected chi connectivity index (χ4v) is 4.68. The van der Waals surface area contributed by atoms with Gasteiger partial charge in [0.05, 0.1) is 16.1 Å². The van der Waals surface area contributed by atoms with Crippen molar-refractivity contribution < 1.29 is 13.2 Å². The summed E-state index contributed by atoms with van der Waals surface area (Å²) in [5.41, 5.74) is 5.67. The molecule has 156 valence electrons. The molecule has 0 saturated heterocycles. The van der Waals surface area contributed by atoms with Crippen LogP contribution in [0.3, 0.4) is 0 Å². The summed E-state index contributed by atoms with van der Waals surface area (Å²) >= 11 is 0. The largest absolute Gasteiger partial charge is 0.271 e. The number of hydrazone groups is 1. The van der Waals surface area contributed by atoms with Crippen molar-refractivity contribution >= 4 is 32.5 Å². The minimum absolute atomic E-state index is 0.206. The van der Waals surface area contributed by atoms with Crippen LogP contribution >= 0.6 is 0 Å². The maximum Gasteiger partial charge on any atom is 0.271 e. The van der Waals surface area contributed by atoms with Crippen LogP contribution in [0.25, 0.3) is 10.9 Å². The van der Waals surface area contributed by atoms with E-state index in [0.717, 1.165) is 10.9 Å². The number of para-hydroxylation sites is 1. The van der Waals surface area contributed by atoms with Crippen molar-refractivity contribution in [3.63, 3.8) is 0 Å². The first kappa shape index (κ1) is 20.6. The predicted octanol–water partition coefficient (Wildman–Crippen LogP) is 4.34. The number of aromatic nitrogens is 1. The van der Waals surface area contributed by atoms with Gasteiger partial charge in [-0.1, -0.05) is 54.1 Å². The molecule has 6 nitrogen and oxygen atoms in total. The maximum absolute atomic E-state index is 13.3. The summed E-state index contributed by atoms with van der Waals surface area (Å²) in [6.45, 7) is 3.64. The van der Waals surface area contributed by atoms with Gasteiger partial charge in [-0.3, -0.25) is 4.79 Å². The first-order chi connectivity index (χ1) is 14.9. The second-order valence-electron chi connectivity index (χ2n) is 7.18.